The minimum Gasteiger partial charge on any atom is -0.381 e. The van der Waals surface area contributed by atoms with Gasteiger partial charge in [-0.1, -0.05) is 20.8 Å². The first-order chi connectivity index (χ1) is 4.58. The molecule has 1 atom stereocenters. The summed E-state index contributed by atoms with van der Waals surface area (Å²) < 4.78 is 5.30. The van der Waals surface area contributed by atoms with Gasteiger partial charge in [0.05, 0.1) is 0 Å². The van der Waals surface area contributed by atoms with Gasteiger partial charge in [0.25, 0.3) is 0 Å². The Hall–Kier alpha value is -0.0400. The molecule has 0 aromatic heterocycles. The van der Waals surface area contributed by atoms with Gasteiger partial charge in [0.15, 0.2) is 0 Å². The maximum Gasteiger partial charge on any atom is 0.0495 e. The standard InChI is InChI=1S/C9H18O/c1-9(2,3)6-8-4-5-10-7-8/h8H,4-7H2,1-3H3/t8-/m0/s1. The average Bonchev–Trinajstić information content (AvgIpc) is 2.12. The van der Waals surface area contributed by atoms with Crippen molar-refractivity contribution in [3.8, 4) is 0 Å². The zero-order valence-corrected chi connectivity index (χ0v) is 7.31. The summed E-state index contributed by atoms with van der Waals surface area (Å²) >= 11 is 0. The molecule has 1 aliphatic heterocycles. The van der Waals surface area contributed by atoms with Crippen molar-refractivity contribution in [1.29, 1.82) is 0 Å². The van der Waals surface area contributed by atoms with Crippen molar-refractivity contribution in [2.75, 3.05) is 13.2 Å². The molecule has 0 saturated carbocycles. The smallest absolute Gasteiger partial charge is 0.0495 e. The first-order valence-corrected chi connectivity index (χ1v) is 4.16. The maximum atomic E-state index is 5.30. The van der Waals surface area contributed by atoms with Crippen LogP contribution in [0.5, 0.6) is 0 Å². The lowest BCUT2D eigenvalue weighted by atomic mass is 9.84. The van der Waals surface area contributed by atoms with Crippen LogP contribution in [0.15, 0.2) is 0 Å². The molecule has 0 amide bonds. The summed E-state index contributed by atoms with van der Waals surface area (Å²) in [5.41, 5.74) is 0.484. The van der Waals surface area contributed by atoms with Gasteiger partial charge in [-0.3, -0.25) is 0 Å². The van der Waals surface area contributed by atoms with E-state index in [-0.39, 0.29) is 0 Å². The van der Waals surface area contributed by atoms with Crippen LogP contribution in [-0.4, -0.2) is 13.2 Å². The molecular formula is C9H18O. The van der Waals surface area contributed by atoms with E-state index < -0.39 is 0 Å². The Morgan fingerprint density at radius 1 is 1.40 bits per heavy atom. The maximum absolute atomic E-state index is 5.30. The highest BCUT2D eigenvalue weighted by Crippen LogP contribution is 2.28. The molecule has 0 aromatic rings. The molecule has 10 heavy (non-hydrogen) atoms. The third kappa shape index (κ3) is 2.70. The average molecular weight is 142 g/mol. The first-order valence-electron chi connectivity index (χ1n) is 4.16. The van der Waals surface area contributed by atoms with E-state index in [4.69, 9.17) is 4.74 Å². The summed E-state index contributed by atoms with van der Waals surface area (Å²) in [4.78, 5) is 0. The summed E-state index contributed by atoms with van der Waals surface area (Å²) in [6.07, 6.45) is 2.59. The minimum absolute atomic E-state index is 0.484. The van der Waals surface area contributed by atoms with Crippen molar-refractivity contribution in [3.63, 3.8) is 0 Å². The lowest BCUT2D eigenvalue weighted by Crippen LogP contribution is -2.12. The van der Waals surface area contributed by atoms with E-state index in [1.54, 1.807) is 0 Å². The molecule has 0 bridgehead atoms. The van der Waals surface area contributed by atoms with Gasteiger partial charge in [-0.2, -0.15) is 0 Å². The number of rotatable bonds is 1. The summed E-state index contributed by atoms with van der Waals surface area (Å²) in [6.45, 7) is 8.87. The van der Waals surface area contributed by atoms with Crippen molar-refractivity contribution in [2.24, 2.45) is 11.3 Å². The van der Waals surface area contributed by atoms with Crippen molar-refractivity contribution in [1.82, 2.24) is 0 Å². The Labute approximate surface area is 63.8 Å². The van der Waals surface area contributed by atoms with Crippen LogP contribution < -0.4 is 0 Å². The van der Waals surface area contributed by atoms with E-state index in [1.807, 2.05) is 0 Å². The molecule has 1 heterocycles. The highest BCUT2D eigenvalue weighted by molar-refractivity contribution is 4.71. The lowest BCUT2D eigenvalue weighted by molar-refractivity contribution is 0.173. The van der Waals surface area contributed by atoms with Crippen LogP contribution in [0.25, 0.3) is 0 Å². The normalized spacial score (nSPS) is 27.3. The van der Waals surface area contributed by atoms with Gasteiger partial charge in [-0.15, -0.1) is 0 Å². The van der Waals surface area contributed by atoms with Gasteiger partial charge in [0, 0.05) is 13.2 Å². The highest BCUT2D eigenvalue weighted by atomic mass is 16.5. The van der Waals surface area contributed by atoms with Gasteiger partial charge in [0.1, 0.15) is 0 Å². The Bertz CT molecular complexity index is 95.8. The van der Waals surface area contributed by atoms with Crippen LogP contribution >= 0.6 is 0 Å². The van der Waals surface area contributed by atoms with Crippen LogP contribution in [0.2, 0.25) is 0 Å². The van der Waals surface area contributed by atoms with Crippen molar-refractivity contribution < 1.29 is 4.74 Å². The summed E-state index contributed by atoms with van der Waals surface area (Å²) in [5, 5.41) is 0. The quantitative estimate of drug-likeness (QED) is 0.546. The predicted octanol–water partition coefficient (Wildman–Crippen LogP) is 2.46. The molecule has 0 N–H and O–H groups in total. The molecule has 0 unspecified atom stereocenters. The zero-order chi connectivity index (χ0) is 7.61. The molecule has 1 fully saturated rings. The molecule has 60 valence electrons. The largest absolute Gasteiger partial charge is 0.381 e. The fourth-order valence-electron chi connectivity index (χ4n) is 1.61. The van der Waals surface area contributed by atoms with Crippen molar-refractivity contribution in [3.05, 3.63) is 0 Å². The van der Waals surface area contributed by atoms with Gasteiger partial charge in [-0.25, -0.2) is 0 Å². The van der Waals surface area contributed by atoms with Crippen LogP contribution in [0.1, 0.15) is 33.6 Å². The predicted molar refractivity (Wildman–Crippen MR) is 43.0 cm³/mol. The zero-order valence-electron chi connectivity index (χ0n) is 7.31. The van der Waals surface area contributed by atoms with Crippen LogP contribution in [0.4, 0.5) is 0 Å². The van der Waals surface area contributed by atoms with E-state index in [0.29, 0.717) is 5.41 Å². The van der Waals surface area contributed by atoms with Crippen LogP contribution in [-0.2, 0) is 4.74 Å². The molecule has 0 aliphatic carbocycles. The summed E-state index contributed by atoms with van der Waals surface area (Å²) in [5.74, 6) is 0.833. The molecular weight excluding hydrogens is 124 g/mol. The highest BCUT2D eigenvalue weighted by Gasteiger charge is 2.21. The Kier molecular flexibility index (Phi) is 2.35. The van der Waals surface area contributed by atoms with E-state index in [2.05, 4.69) is 20.8 Å². The number of ether oxygens (including phenoxy) is 1. The second kappa shape index (κ2) is 2.91. The number of hydrogen-bond acceptors (Lipinski definition) is 1. The second-order valence-corrected chi connectivity index (χ2v) is 4.49. The SMILES string of the molecule is CC(C)(C)C[C@@H]1CCOC1. The molecule has 1 heteroatoms. The van der Waals surface area contributed by atoms with Crippen LogP contribution in [0, 0.1) is 11.3 Å². The molecule has 1 rings (SSSR count). The number of hydrogen-bond donors (Lipinski definition) is 0. The second-order valence-electron chi connectivity index (χ2n) is 4.49. The molecule has 0 radical (unpaired) electrons. The molecule has 1 saturated heterocycles. The van der Waals surface area contributed by atoms with E-state index in [1.165, 1.54) is 12.8 Å². The third-order valence-electron chi connectivity index (χ3n) is 1.93. The van der Waals surface area contributed by atoms with E-state index in [9.17, 15) is 0 Å². The molecule has 1 nitrogen and oxygen atoms in total. The lowest BCUT2D eigenvalue weighted by Gasteiger charge is -2.21. The fourth-order valence-corrected chi connectivity index (χ4v) is 1.61. The minimum atomic E-state index is 0.484. The third-order valence-corrected chi connectivity index (χ3v) is 1.93. The Morgan fingerprint density at radius 3 is 2.50 bits per heavy atom. The first kappa shape index (κ1) is 8.06. The molecule has 0 aromatic carbocycles. The van der Waals surface area contributed by atoms with Gasteiger partial charge < -0.3 is 4.74 Å². The van der Waals surface area contributed by atoms with Gasteiger partial charge in [0.2, 0.25) is 0 Å². The Morgan fingerprint density at radius 2 is 2.10 bits per heavy atom. The van der Waals surface area contributed by atoms with Crippen LogP contribution in [0.3, 0.4) is 0 Å². The monoisotopic (exact) mass is 142 g/mol. The van der Waals surface area contributed by atoms with Crippen molar-refractivity contribution in [2.45, 2.75) is 33.6 Å². The fraction of sp³-hybridized carbons (Fsp3) is 1.00. The van der Waals surface area contributed by atoms with E-state index >= 15 is 0 Å². The van der Waals surface area contributed by atoms with Gasteiger partial charge >= 0.3 is 0 Å². The summed E-state index contributed by atoms with van der Waals surface area (Å²) in [6, 6.07) is 0. The van der Waals surface area contributed by atoms with Gasteiger partial charge in [-0.05, 0) is 24.2 Å². The Balaban J connectivity index is 2.24. The molecule has 1 aliphatic rings. The van der Waals surface area contributed by atoms with Crippen molar-refractivity contribution >= 4 is 0 Å². The molecule has 0 spiro atoms. The topological polar surface area (TPSA) is 9.23 Å². The van der Waals surface area contributed by atoms with E-state index in [0.717, 1.165) is 19.1 Å². The summed E-state index contributed by atoms with van der Waals surface area (Å²) in [7, 11) is 0.